The van der Waals surface area contributed by atoms with Gasteiger partial charge in [0, 0.05) is 24.2 Å². The summed E-state index contributed by atoms with van der Waals surface area (Å²) in [4.78, 5) is 0. The van der Waals surface area contributed by atoms with E-state index in [9.17, 15) is 17.6 Å². The number of nitrogens with one attached hydrogen (secondary N) is 1. The fourth-order valence-electron chi connectivity index (χ4n) is 1.72. The smallest absolute Gasteiger partial charge is 0.389 e. The van der Waals surface area contributed by atoms with Gasteiger partial charge in [-0.3, -0.25) is 0 Å². The van der Waals surface area contributed by atoms with E-state index in [-0.39, 0.29) is 18.2 Å². The third kappa shape index (κ3) is 5.81. The molecule has 0 bridgehead atoms. The standard InChI is InChI=1S/C13H17F4NO/c1-9(4-3-7-13(15,16)17)18-10-5-6-12(19-2)11(14)8-10/h5-6,8-9,18H,3-4,7H2,1-2H3. The van der Waals surface area contributed by atoms with Crippen LogP contribution in [-0.4, -0.2) is 19.3 Å². The maximum atomic E-state index is 13.4. The van der Waals surface area contributed by atoms with E-state index in [1.165, 1.54) is 19.2 Å². The Hall–Kier alpha value is -1.46. The quantitative estimate of drug-likeness (QED) is 0.781. The summed E-state index contributed by atoms with van der Waals surface area (Å²) in [6.07, 6.45) is -4.49. The highest BCUT2D eigenvalue weighted by molar-refractivity contribution is 5.47. The highest BCUT2D eigenvalue weighted by atomic mass is 19.4. The molecule has 0 saturated heterocycles. The second-order valence-electron chi connectivity index (χ2n) is 4.40. The molecule has 1 N–H and O–H groups in total. The van der Waals surface area contributed by atoms with Gasteiger partial charge in [0.2, 0.25) is 0 Å². The number of hydrogen-bond acceptors (Lipinski definition) is 2. The number of halogens is 4. The minimum atomic E-state index is -4.12. The summed E-state index contributed by atoms with van der Waals surface area (Å²) < 4.78 is 54.1. The molecule has 0 aliphatic rings. The number of anilines is 1. The molecule has 0 heterocycles. The Labute approximate surface area is 109 Å². The summed E-state index contributed by atoms with van der Waals surface area (Å²) in [6, 6.07) is 4.21. The van der Waals surface area contributed by atoms with Crippen molar-refractivity contribution in [1.29, 1.82) is 0 Å². The lowest BCUT2D eigenvalue weighted by Gasteiger charge is -2.16. The van der Waals surface area contributed by atoms with Gasteiger partial charge >= 0.3 is 6.18 Å². The van der Waals surface area contributed by atoms with E-state index in [1.807, 2.05) is 0 Å². The molecule has 0 saturated carbocycles. The zero-order chi connectivity index (χ0) is 14.5. The van der Waals surface area contributed by atoms with Gasteiger partial charge in [-0.15, -0.1) is 0 Å². The highest BCUT2D eigenvalue weighted by Gasteiger charge is 2.26. The van der Waals surface area contributed by atoms with Crippen LogP contribution in [0.4, 0.5) is 23.2 Å². The van der Waals surface area contributed by atoms with Crippen molar-refractivity contribution in [1.82, 2.24) is 0 Å². The second-order valence-corrected chi connectivity index (χ2v) is 4.40. The van der Waals surface area contributed by atoms with Crippen molar-refractivity contribution in [3.05, 3.63) is 24.0 Å². The summed E-state index contributed by atoms with van der Waals surface area (Å²) in [6.45, 7) is 1.76. The molecule has 1 atom stereocenters. The van der Waals surface area contributed by atoms with Crippen LogP contribution in [0, 0.1) is 5.82 Å². The van der Waals surface area contributed by atoms with E-state index in [2.05, 4.69) is 5.32 Å². The molecule has 0 aliphatic carbocycles. The highest BCUT2D eigenvalue weighted by Crippen LogP contribution is 2.24. The molecule has 1 rings (SSSR count). The predicted octanol–water partition coefficient (Wildman–Crippen LogP) is 4.37. The first-order valence-electron chi connectivity index (χ1n) is 5.98. The van der Waals surface area contributed by atoms with Crippen LogP contribution in [0.3, 0.4) is 0 Å². The first-order valence-corrected chi connectivity index (χ1v) is 5.98. The second kappa shape index (κ2) is 6.63. The van der Waals surface area contributed by atoms with Crippen LogP contribution in [0.2, 0.25) is 0 Å². The molecular weight excluding hydrogens is 262 g/mol. The van der Waals surface area contributed by atoms with Crippen molar-refractivity contribution >= 4 is 5.69 Å². The minimum absolute atomic E-state index is 0.0519. The number of methoxy groups -OCH3 is 1. The SMILES string of the molecule is COc1ccc(NC(C)CCCC(F)(F)F)cc1F. The lowest BCUT2D eigenvalue weighted by atomic mass is 10.1. The van der Waals surface area contributed by atoms with E-state index in [4.69, 9.17) is 4.74 Å². The number of rotatable bonds is 6. The molecule has 0 aromatic heterocycles. The predicted molar refractivity (Wildman–Crippen MR) is 65.9 cm³/mol. The van der Waals surface area contributed by atoms with Gasteiger partial charge in [-0.05, 0) is 31.9 Å². The average Bonchev–Trinajstić information content (AvgIpc) is 2.27. The minimum Gasteiger partial charge on any atom is -0.494 e. The van der Waals surface area contributed by atoms with Crippen molar-refractivity contribution in [3.8, 4) is 5.75 Å². The molecule has 19 heavy (non-hydrogen) atoms. The van der Waals surface area contributed by atoms with E-state index >= 15 is 0 Å². The molecule has 0 amide bonds. The largest absolute Gasteiger partial charge is 0.494 e. The monoisotopic (exact) mass is 279 g/mol. The fraction of sp³-hybridized carbons (Fsp3) is 0.538. The third-order valence-corrected chi connectivity index (χ3v) is 2.66. The van der Waals surface area contributed by atoms with Gasteiger partial charge in [0.1, 0.15) is 0 Å². The molecule has 0 radical (unpaired) electrons. The Morgan fingerprint density at radius 2 is 2.00 bits per heavy atom. The maximum Gasteiger partial charge on any atom is 0.389 e. The molecule has 0 aliphatic heterocycles. The lowest BCUT2D eigenvalue weighted by Crippen LogP contribution is -2.16. The summed E-state index contributed by atoms with van der Waals surface area (Å²) >= 11 is 0. The third-order valence-electron chi connectivity index (χ3n) is 2.66. The molecule has 6 heteroatoms. The number of alkyl halides is 3. The van der Waals surface area contributed by atoms with Gasteiger partial charge < -0.3 is 10.1 Å². The number of hydrogen-bond donors (Lipinski definition) is 1. The fourth-order valence-corrected chi connectivity index (χ4v) is 1.72. The van der Waals surface area contributed by atoms with Crippen LogP contribution in [0.5, 0.6) is 5.75 Å². The lowest BCUT2D eigenvalue weighted by molar-refractivity contribution is -0.135. The first-order chi connectivity index (χ1) is 8.81. The Morgan fingerprint density at radius 3 is 2.53 bits per heavy atom. The molecule has 2 nitrogen and oxygen atoms in total. The van der Waals surface area contributed by atoms with Gasteiger partial charge in [-0.2, -0.15) is 13.2 Å². The summed E-state index contributed by atoms with van der Waals surface area (Å²) in [5.41, 5.74) is 0.526. The van der Waals surface area contributed by atoms with Crippen LogP contribution >= 0.6 is 0 Å². The van der Waals surface area contributed by atoms with Crippen LogP contribution in [0.25, 0.3) is 0 Å². The van der Waals surface area contributed by atoms with Gasteiger partial charge in [0.15, 0.2) is 11.6 Å². The average molecular weight is 279 g/mol. The Bertz CT molecular complexity index is 406. The first kappa shape index (κ1) is 15.6. The molecule has 0 spiro atoms. The Morgan fingerprint density at radius 1 is 1.32 bits per heavy atom. The van der Waals surface area contributed by atoms with Crippen LogP contribution < -0.4 is 10.1 Å². The molecule has 108 valence electrons. The normalized spacial score (nSPS) is 13.2. The molecule has 1 aromatic rings. The number of benzene rings is 1. The summed E-state index contributed by atoms with van der Waals surface area (Å²) in [5, 5.41) is 2.96. The topological polar surface area (TPSA) is 21.3 Å². The van der Waals surface area contributed by atoms with Crippen LogP contribution in [0.15, 0.2) is 18.2 Å². The molecule has 1 unspecified atom stereocenters. The van der Waals surface area contributed by atoms with Crippen molar-refractivity contribution in [2.24, 2.45) is 0 Å². The Balaban J connectivity index is 2.44. The van der Waals surface area contributed by atoms with E-state index in [0.29, 0.717) is 12.1 Å². The maximum absolute atomic E-state index is 13.4. The van der Waals surface area contributed by atoms with Gasteiger partial charge in [0.25, 0.3) is 0 Å². The molecule has 0 fully saturated rings. The van der Waals surface area contributed by atoms with E-state index < -0.39 is 18.4 Å². The van der Waals surface area contributed by atoms with Gasteiger partial charge in [-0.1, -0.05) is 0 Å². The summed E-state index contributed by atoms with van der Waals surface area (Å²) in [5.74, 6) is -0.370. The molecule has 1 aromatic carbocycles. The zero-order valence-electron chi connectivity index (χ0n) is 10.9. The number of ether oxygens (including phenoxy) is 1. The zero-order valence-corrected chi connectivity index (χ0v) is 10.9. The van der Waals surface area contributed by atoms with Crippen molar-refractivity contribution < 1.29 is 22.3 Å². The van der Waals surface area contributed by atoms with Crippen molar-refractivity contribution in [3.63, 3.8) is 0 Å². The van der Waals surface area contributed by atoms with Gasteiger partial charge in [0.05, 0.1) is 7.11 Å². The molecular formula is C13H17F4NO. The van der Waals surface area contributed by atoms with Crippen molar-refractivity contribution in [2.45, 2.75) is 38.4 Å². The van der Waals surface area contributed by atoms with Crippen molar-refractivity contribution in [2.75, 3.05) is 12.4 Å². The summed E-state index contributed by atoms with van der Waals surface area (Å²) in [7, 11) is 1.37. The van der Waals surface area contributed by atoms with Crippen LogP contribution in [0.1, 0.15) is 26.2 Å². The van der Waals surface area contributed by atoms with E-state index in [1.54, 1.807) is 13.0 Å². The van der Waals surface area contributed by atoms with Gasteiger partial charge in [-0.25, -0.2) is 4.39 Å². The van der Waals surface area contributed by atoms with Crippen LogP contribution in [-0.2, 0) is 0 Å². The van der Waals surface area contributed by atoms with E-state index in [0.717, 1.165) is 0 Å². The Kier molecular flexibility index (Phi) is 5.44.